The highest BCUT2D eigenvalue weighted by Gasteiger charge is 2.31. The Labute approximate surface area is 114 Å². The molecular weight excluding hydrogens is 267 g/mol. The first-order valence-corrected chi connectivity index (χ1v) is 6.31. The third-order valence-electron chi connectivity index (χ3n) is 2.95. The molecule has 20 heavy (non-hydrogen) atoms. The van der Waals surface area contributed by atoms with Crippen molar-refractivity contribution >= 4 is 0 Å². The van der Waals surface area contributed by atoms with Crippen LogP contribution in [0.4, 0.5) is 13.2 Å². The van der Waals surface area contributed by atoms with Gasteiger partial charge in [0.1, 0.15) is 0 Å². The van der Waals surface area contributed by atoms with Crippen molar-refractivity contribution in [2.75, 3.05) is 0 Å². The van der Waals surface area contributed by atoms with E-state index in [-0.39, 0.29) is 5.69 Å². The molecule has 5 heteroatoms. The molecule has 0 aliphatic rings. The molecule has 1 heterocycles. The summed E-state index contributed by atoms with van der Waals surface area (Å²) in [6.45, 7) is 2.03. The lowest BCUT2D eigenvalue weighted by atomic mass is 10.0. The fraction of sp³-hybridized carbons (Fsp3) is 0.267. The third kappa shape index (κ3) is 3.29. The number of nitrogens with one attached hydrogen (secondary N) is 1. The van der Waals surface area contributed by atoms with Crippen molar-refractivity contribution in [3.05, 3.63) is 57.9 Å². The van der Waals surface area contributed by atoms with Crippen LogP contribution in [0.1, 0.15) is 24.5 Å². The van der Waals surface area contributed by atoms with E-state index >= 15 is 0 Å². The Kier molecular flexibility index (Phi) is 3.97. The summed E-state index contributed by atoms with van der Waals surface area (Å²) in [5.41, 5.74) is 0.109. The summed E-state index contributed by atoms with van der Waals surface area (Å²) >= 11 is 0. The van der Waals surface area contributed by atoms with Gasteiger partial charge in [-0.15, -0.1) is 0 Å². The van der Waals surface area contributed by atoms with Crippen LogP contribution in [0.3, 0.4) is 0 Å². The van der Waals surface area contributed by atoms with Crippen LogP contribution in [-0.4, -0.2) is 4.98 Å². The zero-order valence-electron chi connectivity index (χ0n) is 10.9. The molecule has 106 valence electrons. The molecule has 0 saturated carbocycles. The van der Waals surface area contributed by atoms with Gasteiger partial charge in [-0.25, -0.2) is 0 Å². The van der Waals surface area contributed by atoms with Gasteiger partial charge in [0.2, 0.25) is 5.56 Å². The SMILES string of the molecule is CCCc1cccc(-c2cc(C(F)(F)F)cc(=O)[nH]2)c1. The number of hydrogen-bond donors (Lipinski definition) is 1. The van der Waals surface area contributed by atoms with Gasteiger partial charge in [0.25, 0.3) is 0 Å². The molecule has 2 nitrogen and oxygen atoms in total. The summed E-state index contributed by atoms with van der Waals surface area (Å²) in [6, 6.07) is 8.71. The molecular formula is C15H14F3NO. The molecule has 1 N–H and O–H groups in total. The van der Waals surface area contributed by atoms with Crippen molar-refractivity contribution in [2.45, 2.75) is 25.9 Å². The summed E-state index contributed by atoms with van der Waals surface area (Å²) in [6.07, 6.45) is -2.73. The van der Waals surface area contributed by atoms with E-state index in [9.17, 15) is 18.0 Å². The first-order valence-electron chi connectivity index (χ1n) is 6.31. The maximum Gasteiger partial charge on any atom is 0.416 e. The molecule has 0 unspecified atom stereocenters. The molecule has 2 aromatic rings. The average molecular weight is 281 g/mol. The van der Waals surface area contributed by atoms with E-state index < -0.39 is 17.3 Å². The van der Waals surface area contributed by atoms with Crippen LogP contribution in [0.5, 0.6) is 0 Å². The van der Waals surface area contributed by atoms with Gasteiger partial charge in [0, 0.05) is 11.8 Å². The number of rotatable bonds is 3. The van der Waals surface area contributed by atoms with E-state index in [0.717, 1.165) is 24.5 Å². The maximum absolute atomic E-state index is 12.7. The Morgan fingerprint density at radius 3 is 2.55 bits per heavy atom. The number of benzene rings is 1. The van der Waals surface area contributed by atoms with Gasteiger partial charge in [0.05, 0.1) is 5.56 Å². The maximum atomic E-state index is 12.7. The van der Waals surface area contributed by atoms with Crippen LogP contribution < -0.4 is 5.56 Å². The molecule has 0 aliphatic carbocycles. The van der Waals surface area contributed by atoms with Crippen molar-refractivity contribution in [3.63, 3.8) is 0 Å². The van der Waals surface area contributed by atoms with E-state index in [2.05, 4.69) is 4.98 Å². The van der Waals surface area contributed by atoms with Crippen LogP contribution in [0.15, 0.2) is 41.2 Å². The smallest absolute Gasteiger partial charge is 0.322 e. The minimum absolute atomic E-state index is 0.183. The quantitative estimate of drug-likeness (QED) is 0.905. The molecule has 0 saturated heterocycles. The molecule has 0 spiro atoms. The number of alkyl halides is 3. The van der Waals surface area contributed by atoms with Gasteiger partial charge < -0.3 is 4.98 Å². The molecule has 1 aromatic carbocycles. The second-order valence-electron chi connectivity index (χ2n) is 4.60. The van der Waals surface area contributed by atoms with E-state index in [1.807, 2.05) is 13.0 Å². The van der Waals surface area contributed by atoms with Crippen LogP contribution in [-0.2, 0) is 12.6 Å². The van der Waals surface area contributed by atoms with Gasteiger partial charge in [-0.05, 0) is 29.7 Å². The predicted molar refractivity (Wildman–Crippen MR) is 71.5 cm³/mol. The van der Waals surface area contributed by atoms with E-state index in [1.165, 1.54) is 0 Å². The van der Waals surface area contributed by atoms with Gasteiger partial charge in [-0.1, -0.05) is 31.5 Å². The zero-order valence-corrected chi connectivity index (χ0v) is 10.9. The van der Waals surface area contributed by atoms with Crippen molar-refractivity contribution in [2.24, 2.45) is 0 Å². The fourth-order valence-corrected chi connectivity index (χ4v) is 2.05. The van der Waals surface area contributed by atoms with Crippen molar-refractivity contribution in [3.8, 4) is 11.3 Å². The summed E-state index contributed by atoms with van der Waals surface area (Å²) in [7, 11) is 0. The lowest BCUT2D eigenvalue weighted by Gasteiger charge is -2.09. The number of aromatic amines is 1. The van der Waals surface area contributed by atoms with Crippen LogP contribution in [0, 0.1) is 0 Å². The van der Waals surface area contributed by atoms with Crippen LogP contribution in [0.2, 0.25) is 0 Å². The number of pyridine rings is 1. The standard InChI is InChI=1S/C15H14F3NO/c1-2-4-10-5-3-6-11(7-10)13-8-12(15(16,17)18)9-14(20)19-13/h3,5-9H,2,4H2,1H3,(H,19,20). The highest BCUT2D eigenvalue weighted by molar-refractivity contribution is 5.60. The minimum Gasteiger partial charge on any atom is -0.322 e. The summed E-state index contributed by atoms with van der Waals surface area (Å²) in [5.74, 6) is 0. The Hall–Kier alpha value is -2.04. The van der Waals surface area contributed by atoms with E-state index in [0.29, 0.717) is 11.6 Å². The number of aromatic nitrogens is 1. The number of hydrogen-bond acceptors (Lipinski definition) is 1. The number of H-pyrrole nitrogens is 1. The average Bonchev–Trinajstić information content (AvgIpc) is 2.38. The molecule has 0 atom stereocenters. The molecule has 2 rings (SSSR count). The van der Waals surface area contributed by atoms with Gasteiger partial charge in [-0.3, -0.25) is 4.79 Å². The first kappa shape index (κ1) is 14.4. The van der Waals surface area contributed by atoms with E-state index in [4.69, 9.17) is 0 Å². The highest BCUT2D eigenvalue weighted by atomic mass is 19.4. The van der Waals surface area contributed by atoms with Gasteiger partial charge >= 0.3 is 6.18 Å². The summed E-state index contributed by atoms with van der Waals surface area (Å²) in [5, 5.41) is 0. The Bertz CT molecular complexity index is 659. The van der Waals surface area contributed by atoms with E-state index in [1.54, 1.807) is 18.2 Å². The normalized spacial score (nSPS) is 11.6. The molecule has 1 aromatic heterocycles. The largest absolute Gasteiger partial charge is 0.416 e. The number of halogens is 3. The molecule has 0 aliphatic heterocycles. The Balaban J connectivity index is 2.50. The second-order valence-corrected chi connectivity index (χ2v) is 4.60. The predicted octanol–water partition coefficient (Wildman–Crippen LogP) is 4.01. The van der Waals surface area contributed by atoms with Crippen molar-refractivity contribution in [1.82, 2.24) is 4.98 Å². The van der Waals surface area contributed by atoms with Crippen LogP contribution >= 0.6 is 0 Å². The highest BCUT2D eigenvalue weighted by Crippen LogP contribution is 2.30. The van der Waals surface area contributed by atoms with Gasteiger partial charge in [0.15, 0.2) is 0 Å². The molecule has 0 fully saturated rings. The summed E-state index contributed by atoms with van der Waals surface area (Å²) in [4.78, 5) is 13.8. The fourth-order valence-electron chi connectivity index (χ4n) is 2.05. The van der Waals surface area contributed by atoms with Crippen molar-refractivity contribution in [1.29, 1.82) is 0 Å². The number of aryl methyl sites for hydroxylation is 1. The Morgan fingerprint density at radius 2 is 1.90 bits per heavy atom. The first-order chi connectivity index (χ1) is 9.40. The zero-order chi connectivity index (χ0) is 14.8. The van der Waals surface area contributed by atoms with Crippen LogP contribution in [0.25, 0.3) is 11.3 Å². The lowest BCUT2D eigenvalue weighted by Crippen LogP contribution is -2.13. The lowest BCUT2D eigenvalue weighted by molar-refractivity contribution is -0.137. The molecule has 0 amide bonds. The molecule has 0 bridgehead atoms. The molecule has 0 radical (unpaired) electrons. The van der Waals surface area contributed by atoms with Gasteiger partial charge in [-0.2, -0.15) is 13.2 Å². The Morgan fingerprint density at radius 1 is 1.15 bits per heavy atom. The summed E-state index contributed by atoms with van der Waals surface area (Å²) < 4.78 is 38.1. The third-order valence-corrected chi connectivity index (χ3v) is 2.95. The minimum atomic E-state index is -4.52. The second kappa shape index (κ2) is 5.53. The topological polar surface area (TPSA) is 32.9 Å². The van der Waals surface area contributed by atoms with Crippen molar-refractivity contribution < 1.29 is 13.2 Å². The monoisotopic (exact) mass is 281 g/mol.